The van der Waals surface area contributed by atoms with Crippen molar-refractivity contribution in [2.24, 2.45) is 0 Å². The number of benzene rings is 1. The third kappa shape index (κ3) is 2.46. The van der Waals surface area contributed by atoms with E-state index in [1.807, 2.05) is 25.2 Å². The van der Waals surface area contributed by atoms with Crippen LogP contribution >= 0.6 is 27.5 Å². The highest BCUT2D eigenvalue weighted by atomic mass is 79.9. The van der Waals surface area contributed by atoms with Crippen molar-refractivity contribution in [1.29, 1.82) is 0 Å². The zero-order valence-corrected chi connectivity index (χ0v) is 10.3. The van der Waals surface area contributed by atoms with Crippen molar-refractivity contribution in [3.63, 3.8) is 0 Å². The lowest BCUT2D eigenvalue weighted by Gasteiger charge is -2.25. The highest BCUT2D eigenvalue weighted by Gasteiger charge is 2.20. The Morgan fingerprint density at radius 2 is 2.00 bits per heavy atom. The van der Waals surface area contributed by atoms with Gasteiger partial charge in [0.15, 0.2) is 0 Å². The average Bonchev–Trinajstić information content (AvgIpc) is 2.09. The summed E-state index contributed by atoms with van der Waals surface area (Å²) >= 11 is 9.53. The van der Waals surface area contributed by atoms with E-state index in [-0.39, 0.29) is 5.54 Å². The first-order chi connectivity index (χ1) is 5.97. The molecular formula is C10H13BrClN. The quantitative estimate of drug-likeness (QED) is 0.859. The van der Waals surface area contributed by atoms with Crippen LogP contribution in [0.3, 0.4) is 0 Å². The maximum absolute atomic E-state index is 6.10. The maximum atomic E-state index is 6.10. The summed E-state index contributed by atoms with van der Waals surface area (Å²) in [5, 5.41) is 4.01. The summed E-state index contributed by atoms with van der Waals surface area (Å²) in [6.07, 6.45) is 0. The number of halogens is 2. The number of nitrogens with one attached hydrogen (secondary N) is 1. The molecule has 0 aliphatic carbocycles. The second-order valence-corrected chi connectivity index (χ2v) is 4.82. The van der Waals surface area contributed by atoms with E-state index in [4.69, 9.17) is 11.6 Å². The van der Waals surface area contributed by atoms with Crippen LogP contribution in [0.4, 0.5) is 0 Å². The number of hydrogen-bond donors (Lipinski definition) is 1. The minimum Gasteiger partial charge on any atom is -0.311 e. The van der Waals surface area contributed by atoms with Crippen molar-refractivity contribution >= 4 is 27.5 Å². The fraction of sp³-hybridized carbons (Fsp3) is 0.400. The van der Waals surface area contributed by atoms with Crippen LogP contribution in [-0.2, 0) is 5.54 Å². The van der Waals surface area contributed by atoms with E-state index in [0.29, 0.717) is 0 Å². The van der Waals surface area contributed by atoms with Crippen molar-refractivity contribution in [2.75, 3.05) is 7.05 Å². The van der Waals surface area contributed by atoms with Gasteiger partial charge in [-0.05, 0) is 44.7 Å². The summed E-state index contributed by atoms with van der Waals surface area (Å²) in [6, 6.07) is 5.89. The molecule has 0 aromatic heterocycles. The van der Waals surface area contributed by atoms with E-state index in [0.717, 1.165) is 15.1 Å². The molecule has 0 heterocycles. The fourth-order valence-electron chi connectivity index (χ4n) is 1.11. The predicted octanol–water partition coefficient (Wildman–Crippen LogP) is 3.56. The molecule has 0 saturated heterocycles. The second-order valence-electron chi connectivity index (χ2n) is 3.50. The van der Waals surface area contributed by atoms with Crippen LogP contribution in [0.1, 0.15) is 19.4 Å². The van der Waals surface area contributed by atoms with Crippen LogP contribution in [0.15, 0.2) is 22.7 Å². The molecule has 0 saturated carbocycles. The van der Waals surface area contributed by atoms with E-state index < -0.39 is 0 Å². The fourth-order valence-corrected chi connectivity index (χ4v) is 1.83. The highest BCUT2D eigenvalue weighted by Crippen LogP contribution is 2.29. The first-order valence-corrected chi connectivity index (χ1v) is 5.29. The molecule has 0 amide bonds. The lowest BCUT2D eigenvalue weighted by molar-refractivity contribution is 0.444. The van der Waals surface area contributed by atoms with Crippen LogP contribution in [0.2, 0.25) is 5.02 Å². The molecule has 13 heavy (non-hydrogen) atoms. The topological polar surface area (TPSA) is 12.0 Å². The maximum Gasteiger partial charge on any atom is 0.0457 e. The second kappa shape index (κ2) is 3.99. The Morgan fingerprint density at radius 1 is 1.38 bits per heavy atom. The summed E-state index contributed by atoms with van der Waals surface area (Å²) < 4.78 is 1.05. The molecule has 0 radical (unpaired) electrons. The van der Waals surface area contributed by atoms with Crippen molar-refractivity contribution in [2.45, 2.75) is 19.4 Å². The molecule has 0 bridgehead atoms. The molecule has 1 rings (SSSR count). The minimum absolute atomic E-state index is 0.0964. The molecule has 0 aliphatic heterocycles. The van der Waals surface area contributed by atoms with Crippen molar-refractivity contribution in [1.82, 2.24) is 5.32 Å². The lowest BCUT2D eigenvalue weighted by atomic mass is 9.95. The molecule has 72 valence electrons. The van der Waals surface area contributed by atoms with Crippen molar-refractivity contribution in [3.8, 4) is 0 Å². The molecule has 0 atom stereocenters. The molecule has 0 spiro atoms. The van der Waals surface area contributed by atoms with E-state index in [1.54, 1.807) is 0 Å². The molecule has 3 heteroatoms. The summed E-state index contributed by atoms with van der Waals surface area (Å²) in [6.45, 7) is 4.20. The van der Waals surface area contributed by atoms with Gasteiger partial charge in [0, 0.05) is 15.0 Å². The zero-order valence-electron chi connectivity index (χ0n) is 7.99. The normalized spacial score (nSPS) is 11.8. The number of rotatable bonds is 2. The largest absolute Gasteiger partial charge is 0.311 e. The van der Waals surface area contributed by atoms with Gasteiger partial charge in [-0.15, -0.1) is 0 Å². The summed E-state index contributed by atoms with van der Waals surface area (Å²) in [7, 11) is 1.93. The molecule has 1 aromatic rings. The smallest absolute Gasteiger partial charge is 0.0457 e. The van der Waals surface area contributed by atoms with Gasteiger partial charge >= 0.3 is 0 Å². The van der Waals surface area contributed by atoms with E-state index in [9.17, 15) is 0 Å². The molecule has 1 aromatic carbocycles. The Bertz CT molecular complexity index is 310. The van der Waals surface area contributed by atoms with Gasteiger partial charge in [0.25, 0.3) is 0 Å². The van der Waals surface area contributed by atoms with Gasteiger partial charge in [-0.1, -0.05) is 27.5 Å². The molecule has 0 unspecified atom stereocenters. The third-order valence-electron chi connectivity index (χ3n) is 2.23. The van der Waals surface area contributed by atoms with Crippen LogP contribution in [0.5, 0.6) is 0 Å². The standard InChI is InChI=1S/C10H13BrClN/c1-10(2,13-3)8-6-7(11)4-5-9(8)12/h4-6,13H,1-3H3. The van der Waals surface area contributed by atoms with E-state index in [1.165, 1.54) is 0 Å². The van der Waals surface area contributed by atoms with Crippen LogP contribution in [-0.4, -0.2) is 7.05 Å². The predicted molar refractivity (Wildman–Crippen MR) is 61.2 cm³/mol. The van der Waals surface area contributed by atoms with Crippen molar-refractivity contribution < 1.29 is 0 Å². The van der Waals surface area contributed by atoms with Gasteiger partial charge in [-0.3, -0.25) is 0 Å². The minimum atomic E-state index is -0.0964. The van der Waals surface area contributed by atoms with Crippen LogP contribution < -0.4 is 5.32 Å². The van der Waals surface area contributed by atoms with Gasteiger partial charge in [0.05, 0.1) is 0 Å². The van der Waals surface area contributed by atoms with Crippen LogP contribution in [0.25, 0.3) is 0 Å². The van der Waals surface area contributed by atoms with E-state index >= 15 is 0 Å². The monoisotopic (exact) mass is 261 g/mol. The lowest BCUT2D eigenvalue weighted by Crippen LogP contribution is -2.33. The van der Waals surface area contributed by atoms with Gasteiger partial charge in [-0.25, -0.2) is 0 Å². The molecule has 0 aliphatic rings. The first-order valence-electron chi connectivity index (χ1n) is 4.12. The van der Waals surface area contributed by atoms with Gasteiger partial charge in [0.1, 0.15) is 0 Å². The molecule has 0 fully saturated rings. The SMILES string of the molecule is CNC(C)(C)c1cc(Br)ccc1Cl. The highest BCUT2D eigenvalue weighted by molar-refractivity contribution is 9.10. The first kappa shape index (κ1) is 11.0. The van der Waals surface area contributed by atoms with Gasteiger partial charge < -0.3 is 5.32 Å². The Labute approximate surface area is 92.6 Å². The van der Waals surface area contributed by atoms with Crippen LogP contribution in [0, 0.1) is 0 Å². The molecule has 1 nitrogen and oxygen atoms in total. The third-order valence-corrected chi connectivity index (χ3v) is 3.05. The Kier molecular flexibility index (Phi) is 3.38. The Morgan fingerprint density at radius 3 is 2.54 bits per heavy atom. The zero-order chi connectivity index (χ0) is 10.1. The van der Waals surface area contributed by atoms with Gasteiger partial charge in [0.2, 0.25) is 0 Å². The number of hydrogen-bond acceptors (Lipinski definition) is 1. The average molecular weight is 263 g/mol. The Hall–Kier alpha value is -0.0500. The molecular weight excluding hydrogens is 249 g/mol. The van der Waals surface area contributed by atoms with Gasteiger partial charge in [-0.2, -0.15) is 0 Å². The van der Waals surface area contributed by atoms with E-state index in [2.05, 4.69) is 35.1 Å². The molecule has 1 N–H and O–H groups in total. The van der Waals surface area contributed by atoms with Crippen molar-refractivity contribution in [3.05, 3.63) is 33.3 Å². The summed E-state index contributed by atoms with van der Waals surface area (Å²) in [5.74, 6) is 0. The summed E-state index contributed by atoms with van der Waals surface area (Å²) in [4.78, 5) is 0. The summed E-state index contributed by atoms with van der Waals surface area (Å²) in [5.41, 5.74) is 1.01. The Balaban J connectivity index is 3.20.